The quantitative estimate of drug-likeness (QED) is 0.768. The first-order chi connectivity index (χ1) is 7.92. The molecule has 17 heavy (non-hydrogen) atoms. The van der Waals surface area contributed by atoms with Gasteiger partial charge in [0.25, 0.3) is 0 Å². The van der Waals surface area contributed by atoms with Crippen molar-refractivity contribution in [3.05, 3.63) is 40.4 Å². The molecule has 0 spiro atoms. The molecule has 0 radical (unpaired) electrons. The molecule has 2 nitrogen and oxygen atoms in total. The van der Waals surface area contributed by atoms with Crippen molar-refractivity contribution < 1.29 is 9.90 Å². The summed E-state index contributed by atoms with van der Waals surface area (Å²) in [6.07, 6.45) is 3.00. The Morgan fingerprint density at radius 3 is 2.82 bits per heavy atom. The van der Waals surface area contributed by atoms with E-state index in [9.17, 15) is 4.79 Å². The van der Waals surface area contributed by atoms with E-state index in [-0.39, 0.29) is 5.41 Å². The summed E-state index contributed by atoms with van der Waals surface area (Å²) in [5.74, 6) is -0.898. The average molecular weight is 251 g/mol. The number of hydrogen-bond donors (Lipinski definition) is 1. The van der Waals surface area contributed by atoms with Crippen LogP contribution in [0.3, 0.4) is 0 Å². The summed E-state index contributed by atoms with van der Waals surface area (Å²) in [4.78, 5) is 10.8. The molecule has 0 aromatic heterocycles. The van der Waals surface area contributed by atoms with E-state index in [1.165, 1.54) is 6.08 Å². The molecule has 0 fully saturated rings. The van der Waals surface area contributed by atoms with E-state index >= 15 is 0 Å². The van der Waals surface area contributed by atoms with Crippen LogP contribution < -0.4 is 0 Å². The number of allylic oxidation sites excluding steroid dienone is 1. The van der Waals surface area contributed by atoms with Crippen LogP contribution in [-0.2, 0) is 10.2 Å². The van der Waals surface area contributed by atoms with Gasteiger partial charge in [0.2, 0.25) is 0 Å². The topological polar surface area (TPSA) is 37.3 Å². The van der Waals surface area contributed by atoms with Gasteiger partial charge in [-0.25, -0.2) is 4.79 Å². The Hall–Kier alpha value is -1.28. The molecule has 1 aromatic rings. The van der Waals surface area contributed by atoms with Crippen LogP contribution in [0, 0.1) is 0 Å². The van der Waals surface area contributed by atoms with Crippen LogP contribution in [0.1, 0.15) is 37.8 Å². The zero-order valence-corrected chi connectivity index (χ0v) is 10.7. The Morgan fingerprint density at radius 1 is 1.47 bits per heavy atom. The van der Waals surface area contributed by atoms with Crippen LogP contribution in [0.15, 0.2) is 24.3 Å². The molecular weight excluding hydrogens is 236 g/mol. The van der Waals surface area contributed by atoms with Crippen LogP contribution in [-0.4, -0.2) is 11.1 Å². The summed E-state index contributed by atoms with van der Waals surface area (Å²) in [6.45, 7) is 4.30. The maximum absolute atomic E-state index is 10.8. The average Bonchev–Trinajstić information content (AvgIpc) is 2.21. The van der Waals surface area contributed by atoms with Crippen molar-refractivity contribution in [3.63, 3.8) is 0 Å². The fourth-order valence-corrected chi connectivity index (χ4v) is 2.92. The van der Waals surface area contributed by atoms with Gasteiger partial charge >= 0.3 is 5.97 Å². The van der Waals surface area contributed by atoms with Crippen molar-refractivity contribution >= 4 is 23.1 Å². The fourth-order valence-electron chi connectivity index (χ4n) is 2.49. The number of aliphatic carboxylic acids is 1. The van der Waals surface area contributed by atoms with Gasteiger partial charge < -0.3 is 5.11 Å². The first-order valence-corrected chi connectivity index (χ1v) is 6.02. The Balaban J connectivity index is 2.64. The minimum Gasteiger partial charge on any atom is -0.478 e. The molecule has 0 heterocycles. The van der Waals surface area contributed by atoms with E-state index in [4.69, 9.17) is 16.7 Å². The summed E-state index contributed by atoms with van der Waals surface area (Å²) in [5, 5.41) is 9.61. The van der Waals surface area contributed by atoms with Gasteiger partial charge in [0.1, 0.15) is 0 Å². The largest absolute Gasteiger partial charge is 0.478 e. The maximum atomic E-state index is 10.8. The van der Waals surface area contributed by atoms with Crippen molar-refractivity contribution in [2.24, 2.45) is 0 Å². The number of rotatable bonds is 1. The lowest BCUT2D eigenvalue weighted by Crippen LogP contribution is -2.24. The molecule has 1 aliphatic carbocycles. The molecule has 1 aromatic carbocycles. The molecular formula is C14H15ClO2. The lowest BCUT2D eigenvalue weighted by molar-refractivity contribution is -0.131. The van der Waals surface area contributed by atoms with Gasteiger partial charge in [-0.05, 0) is 41.0 Å². The molecule has 0 atom stereocenters. The van der Waals surface area contributed by atoms with Gasteiger partial charge in [-0.3, -0.25) is 0 Å². The van der Waals surface area contributed by atoms with Crippen molar-refractivity contribution in [3.8, 4) is 0 Å². The molecule has 0 amide bonds. The molecule has 0 saturated carbocycles. The van der Waals surface area contributed by atoms with Gasteiger partial charge in [-0.15, -0.1) is 0 Å². The summed E-state index contributed by atoms with van der Waals surface area (Å²) in [5.41, 5.74) is 2.93. The molecule has 3 heteroatoms. The minimum absolute atomic E-state index is 0.00349. The predicted molar refractivity (Wildman–Crippen MR) is 69.3 cm³/mol. The molecule has 1 N–H and O–H groups in total. The van der Waals surface area contributed by atoms with Crippen molar-refractivity contribution in [2.45, 2.75) is 32.1 Å². The zero-order valence-electron chi connectivity index (χ0n) is 9.96. The van der Waals surface area contributed by atoms with Gasteiger partial charge in [-0.1, -0.05) is 37.6 Å². The van der Waals surface area contributed by atoms with Crippen molar-refractivity contribution in [1.82, 2.24) is 0 Å². The van der Waals surface area contributed by atoms with Crippen LogP contribution in [0.5, 0.6) is 0 Å². The molecule has 0 bridgehead atoms. The van der Waals surface area contributed by atoms with E-state index in [0.29, 0.717) is 0 Å². The highest BCUT2D eigenvalue weighted by molar-refractivity contribution is 6.31. The minimum atomic E-state index is -0.898. The SMILES string of the molecule is CC1(C)CC/C(=C\C(=O)O)c2cccc(Cl)c21. The smallest absolute Gasteiger partial charge is 0.328 e. The van der Waals surface area contributed by atoms with Gasteiger partial charge in [0, 0.05) is 11.1 Å². The number of hydrogen-bond acceptors (Lipinski definition) is 1. The first kappa shape index (κ1) is 12.2. The second-order valence-corrected chi connectivity index (χ2v) is 5.46. The molecule has 1 aliphatic rings. The predicted octanol–water partition coefficient (Wildman–Crippen LogP) is 3.88. The van der Waals surface area contributed by atoms with E-state index in [0.717, 1.165) is 34.6 Å². The lowest BCUT2D eigenvalue weighted by atomic mass is 9.71. The van der Waals surface area contributed by atoms with Crippen LogP contribution in [0.25, 0.3) is 5.57 Å². The van der Waals surface area contributed by atoms with E-state index in [2.05, 4.69) is 13.8 Å². The molecule has 0 saturated heterocycles. The molecule has 90 valence electrons. The number of carboxylic acid groups (broad SMARTS) is 1. The highest BCUT2D eigenvalue weighted by atomic mass is 35.5. The van der Waals surface area contributed by atoms with Crippen molar-refractivity contribution in [1.29, 1.82) is 0 Å². The Kier molecular flexibility index (Phi) is 3.00. The number of carbonyl (C=O) groups is 1. The second kappa shape index (κ2) is 4.19. The third kappa shape index (κ3) is 2.22. The first-order valence-electron chi connectivity index (χ1n) is 5.65. The summed E-state index contributed by atoms with van der Waals surface area (Å²) in [6, 6.07) is 5.70. The summed E-state index contributed by atoms with van der Waals surface area (Å²) < 4.78 is 0. The second-order valence-electron chi connectivity index (χ2n) is 5.05. The Morgan fingerprint density at radius 2 is 2.18 bits per heavy atom. The van der Waals surface area contributed by atoms with Gasteiger partial charge in [0.15, 0.2) is 0 Å². The molecule has 0 unspecified atom stereocenters. The Bertz CT molecular complexity index is 501. The summed E-state index contributed by atoms with van der Waals surface area (Å²) in [7, 11) is 0. The number of halogens is 1. The normalized spacial score (nSPS) is 20.1. The van der Waals surface area contributed by atoms with E-state index in [1.54, 1.807) is 0 Å². The highest BCUT2D eigenvalue weighted by Crippen LogP contribution is 2.45. The van der Waals surface area contributed by atoms with Gasteiger partial charge in [0.05, 0.1) is 0 Å². The lowest BCUT2D eigenvalue weighted by Gasteiger charge is -2.34. The summed E-state index contributed by atoms with van der Waals surface area (Å²) >= 11 is 6.25. The zero-order chi connectivity index (χ0) is 12.6. The molecule has 0 aliphatic heterocycles. The van der Waals surface area contributed by atoms with E-state index < -0.39 is 5.97 Å². The monoisotopic (exact) mass is 250 g/mol. The Labute approximate surface area is 106 Å². The third-order valence-corrected chi connectivity index (χ3v) is 3.67. The number of fused-ring (bicyclic) bond motifs is 1. The van der Waals surface area contributed by atoms with Gasteiger partial charge in [-0.2, -0.15) is 0 Å². The standard InChI is InChI=1S/C14H15ClO2/c1-14(2)7-6-9(8-12(16)17)10-4-3-5-11(15)13(10)14/h3-5,8H,6-7H2,1-2H3,(H,16,17)/b9-8+. The number of carboxylic acids is 1. The molecule has 2 rings (SSSR count). The van der Waals surface area contributed by atoms with E-state index in [1.807, 2.05) is 18.2 Å². The maximum Gasteiger partial charge on any atom is 0.328 e. The van der Waals surface area contributed by atoms with Crippen LogP contribution in [0.2, 0.25) is 5.02 Å². The van der Waals surface area contributed by atoms with Crippen LogP contribution in [0.4, 0.5) is 0 Å². The van der Waals surface area contributed by atoms with Crippen LogP contribution >= 0.6 is 11.6 Å². The third-order valence-electron chi connectivity index (χ3n) is 3.35. The number of benzene rings is 1. The van der Waals surface area contributed by atoms with Crippen molar-refractivity contribution in [2.75, 3.05) is 0 Å². The fraction of sp³-hybridized carbons (Fsp3) is 0.357. The highest BCUT2D eigenvalue weighted by Gasteiger charge is 2.31.